The van der Waals surface area contributed by atoms with Gasteiger partial charge in [0, 0.05) is 70.0 Å². The van der Waals surface area contributed by atoms with Gasteiger partial charge in [-0.25, -0.2) is 13.2 Å². The van der Waals surface area contributed by atoms with Crippen molar-refractivity contribution in [3.8, 4) is 0 Å². The minimum absolute atomic E-state index is 0.0173. The molecule has 3 aliphatic heterocycles. The van der Waals surface area contributed by atoms with Crippen molar-refractivity contribution in [2.75, 3.05) is 49.8 Å². The molecular weight excluding hydrogens is 828 g/mol. The zero-order valence-electron chi connectivity index (χ0n) is 35.9. The van der Waals surface area contributed by atoms with Crippen molar-refractivity contribution in [1.82, 2.24) is 24.7 Å². The molecule has 3 amide bonds. The van der Waals surface area contributed by atoms with E-state index in [1.165, 1.54) is 19.3 Å². The fourth-order valence-electron chi connectivity index (χ4n) is 9.53. The molecule has 4 aliphatic rings. The van der Waals surface area contributed by atoms with E-state index in [2.05, 4.69) is 32.5 Å². The van der Waals surface area contributed by atoms with Crippen molar-refractivity contribution in [3.05, 3.63) is 70.7 Å². The number of amides is 3. The number of rotatable bonds is 17. The van der Waals surface area contributed by atoms with Crippen LogP contribution < -0.4 is 20.7 Å². The first-order valence-electron chi connectivity index (χ1n) is 21.8. The highest BCUT2D eigenvalue weighted by Gasteiger charge is 2.43. The summed E-state index contributed by atoms with van der Waals surface area (Å²) in [6, 6.07) is 6.09. The molecule has 14 nitrogen and oxygen atoms in total. The number of Topliss-reactive ketones (excluding diaryl/α,β-unsaturated/α-hetero) is 1. The second-order valence-corrected chi connectivity index (χ2v) is 19.1. The van der Waals surface area contributed by atoms with Gasteiger partial charge < -0.3 is 20.6 Å². The molecule has 6 atom stereocenters. The third kappa shape index (κ3) is 10.8. The predicted molar refractivity (Wildman–Crippen MR) is 229 cm³/mol. The highest BCUT2D eigenvalue weighted by atomic mass is 32.2. The Hall–Kier alpha value is -4.52. The number of piperidine rings is 1. The van der Waals surface area contributed by atoms with Crippen LogP contribution in [0.15, 0.2) is 42.1 Å². The highest BCUT2D eigenvalue weighted by Crippen LogP contribution is 2.40. The Morgan fingerprint density at radius 1 is 0.984 bits per heavy atom. The van der Waals surface area contributed by atoms with Gasteiger partial charge in [-0.05, 0) is 93.0 Å². The number of anilines is 2. The van der Waals surface area contributed by atoms with Gasteiger partial charge in [0.15, 0.2) is 11.6 Å². The topological polar surface area (TPSA) is 180 Å². The van der Waals surface area contributed by atoms with E-state index < -0.39 is 62.2 Å². The Morgan fingerprint density at radius 2 is 1.71 bits per heavy atom. The summed E-state index contributed by atoms with van der Waals surface area (Å²) in [5.41, 5.74) is -1.45. The first kappa shape index (κ1) is 47.0. The third-order valence-corrected chi connectivity index (χ3v) is 14.8. The number of allylic oxidation sites excluding steroid dienone is 1. The van der Waals surface area contributed by atoms with E-state index in [1.54, 1.807) is 24.0 Å². The van der Waals surface area contributed by atoms with Crippen molar-refractivity contribution >= 4 is 45.1 Å². The normalized spacial score (nSPS) is 24.4. The second kappa shape index (κ2) is 19.9. The van der Waals surface area contributed by atoms with Crippen LogP contribution in [0, 0.1) is 29.3 Å². The van der Waals surface area contributed by atoms with Crippen LogP contribution >= 0.6 is 0 Å². The molecule has 4 unspecified atom stereocenters. The number of hydrogen-bond acceptors (Lipinski definition) is 10. The quantitative estimate of drug-likeness (QED) is 0.109. The SMILES string of the molecule is CCCC(O)(CCCc1ccc(NC2CCC(=O)NC2=O)c(F)c1)CC(=O)N1CCN([C@H]2CCC3NC=C(C(=O)c4c(F)ccc(NS(=O)(=O)N(C)CC)c4F)CC3[C@@H]2C)CC1. The van der Waals surface area contributed by atoms with E-state index in [9.17, 15) is 37.1 Å². The molecule has 3 heterocycles. The Balaban J connectivity index is 0.999. The second-order valence-electron chi connectivity index (χ2n) is 17.3. The number of benzene rings is 2. The minimum atomic E-state index is -4.12. The van der Waals surface area contributed by atoms with E-state index in [0.29, 0.717) is 58.3 Å². The number of carbonyl (C=O) groups excluding carboxylic acids is 4. The number of hydrogen-bond donors (Lipinski definition) is 5. The number of aryl methyl sites for hydroxylation is 1. The molecule has 18 heteroatoms. The number of piperazine rings is 1. The van der Waals surface area contributed by atoms with Crippen LogP contribution in [0.25, 0.3) is 0 Å². The van der Waals surface area contributed by atoms with E-state index in [-0.39, 0.29) is 79.2 Å². The van der Waals surface area contributed by atoms with Gasteiger partial charge in [-0.2, -0.15) is 12.7 Å². The molecule has 0 aromatic heterocycles. The van der Waals surface area contributed by atoms with Crippen molar-refractivity contribution in [3.63, 3.8) is 0 Å². The maximum absolute atomic E-state index is 15.7. The molecule has 2 aromatic carbocycles. The summed E-state index contributed by atoms with van der Waals surface area (Å²) in [4.78, 5) is 55.1. The number of imide groups is 1. The van der Waals surface area contributed by atoms with Gasteiger partial charge in [0.05, 0.1) is 29.0 Å². The van der Waals surface area contributed by atoms with Gasteiger partial charge in [0.2, 0.25) is 17.7 Å². The summed E-state index contributed by atoms with van der Waals surface area (Å²) >= 11 is 0. The first-order valence-corrected chi connectivity index (χ1v) is 23.2. The molecule has 62 heavy (non-hydrogen) atoms. The average molecular weight is 888 g/mol. The van der Waals surface area contributed by atoms with Gasteiger partial charge in [0.1, 0.15) is 17.7 Å². The molecule has 2 aromatic rings. The molecule has 0 spiro atoms. The van der Waals surface area contributed by atoms with Crippen LogP contribution in [0.1, 0.15) is 101 Å². The van der Waals surface area contributed by atoms with E-state index >= 15 is 8.78 Å². The summed E-state index contributed by atoms with van der Waals surface area (Å²) in [6.45, 7) is 8.05. The van der Waals surface area contributed by atoms with E-state index in [0.717, 1.165) is 34.8 Å². The molecular formula is C44H60F3N7O7S. The van der Waals surface area contributed by atoms with Gasteiger partial charge in [-0.15, -0.1) is 0 Å². The van der Waals surface area contributed by atoms with Crippen LogP contribution in [-0.2, 0) is 31.0 Å². The average Bonchev–Trinajstić information content (AvgIpc) is 3.23. The number of aliphatic hydroxyl groups is 1. The lowest BCUT2D eigenvalue weighted by molar-refractivity contribution is -0.140. The van der Waals surface area contributed by atoms with Crippen LogP contribution in [0.5, 0.6) is 0 Å². The van der Waals surface area contributed by atoms with Gasteiger partial charge >= 0.3 is 10.2 Å². The fraction of sp³-hybridized carbons (Fsp3) is 0.591. The first-order chi connectivity index (χ1) is 29.4. The molecule has 3 fully saturated rings. The molecule has 0 radical (unpaired) electrons. The lowest BCUT2D eigenvalue weighted by atomic mass is 9.69. The zero-order chi connectivity index (χ0) is 44.9. The van der Waals surface area contributed by atoms with Gasteiger partial charge in [0.25, 0.3) is 0 Å². The summed E-state index contributed by atoms with van der Waals surface area (Å²) in [7, 11) is -2.81. The van der Waals surface area contributed by atoms with E-state index in [1.807, 2.05) is 6.92 Å². The Bertz CT molecular complexity index is 2150. The molecule has 0 bridgehead atoms. The summed E-state index contributed by atoms with van der Waals surface area (Å²) in [5, 5.41) is 20.1. The monoisotopic (exact) mass is 887 g/mol. The summed E-state index contributed by atoms with van der Waals surface area (Å²) in [5.74, 6) is -4.59. The lowest BCUT2D eigenvalue weighted by Gasteiger charge is -2.50. The van der Waals surface area contributed by atoms with Gasteiger partial charge in [-0.1, -0.05) is 33.3 Å². The Morgan fingerprint density at radius 3 is 2.39 bits per heavy atom. The summed E-state index contributed by atoms with van der Waals surface area (Å²) < 4.78 is 73.9. The van der Waals surface area contributed by atoms with Crippen LogP contribution in [0.4, 0.5) is 24.5 Å². The lowest BCUT2D eigenvalue weighted by Crippen LogP contribution is -2.58. The highest BCUT2D eigenvalue weighted by molar-refractivity contribution is 7.90. The number of halogens is 3. The summed E-state index contributed by atoms with van der Waals surface area (Å²) in [6.07, 6.45) is 6.47. The van der Waals surface area contributed by atoms with Crippen molar-refractivity contribution < 1.29 is 45.9 Å². The number of carbonyl (C=O) groups is 4. The maximum atomic E-state index is 15.7. The molecule has 6 rings (SSSR count). The van der Waals surface area contributed by atoms with Crippen molar-refractivity contribution in [2.45, 2.75) is 115 Å². The number of ketones is 1. The van der Waals surface area contributed by atoms with Crippen LogP contribution in [-0.4, -0.2) is 115 Å². The number of nitrogens with one attached hydrogen (secondary N) is 4. The van der Waals surface area contributed by atoms with E-state index in [4.69, 9.17) is 0 Å². The number of nitrogens with zero attached hydrogens (tertiary/aromatic N) is 3. The zero-order valence-corrected chi connectivity index (χ0v) is 36.8. The standard InChI is InChI=1S/C44H60F3N7O7S/c1-5-17-44(59,18-7-8-28-9-11-34(32(46)23-28)49-36-14-16-38(55)50-43(36)58)25-39(56)54-21-19-53(20-22-54)37-15-13-33-30(27(37)3)24-29(26-48-33)42(57)40-31(45)10-12-35(41(40)47)51-62(60,61)52(4)6-2/h9-12,23,26-27,30,33,36-37,48-49,51,59H,5-8,13-22,24-25H2,1-4H3,(H,50,55,58)/t27-,30?,33?,36?,37-,44?/m0/s1. The number of fused-ring (bicyclic) bond motifs is 1. The minimum Gasteiger partial charge on any atom is -0.389 e. The largest absolute Gasteiger partial charge is 0.389 e. The van der Waals surface area contributed by atoms with Crippen LogP contribution in [0.3, 0.4) is 0 Å². The molecule has 1 saturated carbocycles. The Kier molecular flexibility index (Phi) is 15.1. The Labute approximate surface area is 362 Å². The predicted octanol–water partition coefficient (Wildman–Crippen LogP) is 4.86. The van der Waals surface area contributed by atoms with Crippen molar-refractivity contribution in [1.29, 1.82) is 0 Å². The van der Waals surface area contributed by atoms with Crippen LogP contribution in [0.2, 0.25) is 0 Å². The maximum Gasteiger partial charge on any atom is 0.301 e. The molecule has 5 N–H and O–H groups in total. The molecule has 2 saturated heterocycles. The molecule has 1 aliphatic carbocycles. The fourth-order valence-corrected chi connectivity index (χ4v) is 10.5. The van der Waals surface area contributed by atoms with Gasteiger partial charge in [-0.3, -0.25) is 34.1 Å². The molecule has 340 valence electrons. The van der Waals surface area contributed by atoms with Crippen molar-refractivity contribution in [2.24, 2.45) is 11.8 Å². The third-order valence-electron chi connectivity index (χ3n) is 13.2. The smallest absolute Gasteiger partial charge is 0.301 e.